The van der Waals surface area contributed by atoms with Gasteiger partial charge >= 0.3 is 11.9 Å². The summed E-state index contributed by atoms with van der Waals surface area (Å²) in [4.78, 5) is 36.7. The number of quaternary nitrogens is 1. The zero-order valence-electron chi connectivity index (χ0n) is 34.7. The minimum Gasteiger partial charge on any atom is -0.544 e. The average Bonchev–Trinajstić information content (AvgIpc) is 3.09. The predicted molar refractivity (Wildman–Crippen MR) is 213 cm³/mol. The number of likely N-dealkylation sites (N-methyl/N-ethyl adjacent to an activating group) is 1. The summed E-state index contributed by atoms with van der Waals surface area (Å²) in [7, 11) is 5.40. The van der Waals surface area contributed by atoms with Crippen LogP contribution in [0, 0.1) is 0 Å². The van der Waals surface area contributed by atoms with Crippen molar-refractivity contribution in [3.05, 3.63) is 12.2 Å². The van der Waals surface area contributed by atoms with E-state index in [1.807, 2.05) is 0 Å². The maximum Gasteiger partial charge on any atom is 0.306 e. The predicted octanol–water partition coefficient (Wildman–Crippen LogP) is 10.2. The Kier molecular flexibility index (Phi) is 34.7. The van der Waals surface area contributed by atoms with E-state index >= 15 is 0 Å². The van der Waals surface area contributed by atoms with Crippen LogP contribution >= 0.6 is 0 Å². The van der Waals surface area contributed by atoms with Crippen LogP contribution in [0.5, 0.6) is 0 Å². The second-order valence-electron chi connectivity index (χ2n) is 15.9. The van der Waals surface area contributed by atoms with E-state index in [9.17, 15) is 19.5 Å². The number of carbonyl (C=O) groups excluding carboxylic acids is 3. The van der Waals surface area contributed by atoms with Crippen LogP contribution < -0.4 is 5.11 Å². The van der Waals surface area contributed by atoms with E-state index in [0.717, 1.165) is 32.1 Å². The van der Waals surface area contributed by atoms with Gasteiger partial charge in [-0.2, -0.15) is 0 Å². The topological polar surface area (TPSA) is 102 Å². The molecule has 0 fully saturated rings. The van der Waals surface area contributed by atoms with Crippen molar-refractivity contribution in [3.63, 3.8) is 0 Å². The van der Waals surface area contributed by atoms with Gasteiger partial charge in [0.1, 0.15) is 12.6 Å². The Morgan fingerprint density at radius 1 is 0.558 bits per heavy atom. The summed E-state index contributed by atoms with van der Waals surface area (Å²) in [5.74, 6) is -1.77. The third kappa shape index (κ3) is 33.9. The maximum absolute atomic E-state index is 12.6. The van der Waals surface area contributed by atoms with Crippen molar-refractivity contribution in [2.75, 3.05) is 41.0 Å². The molecule has 0 aromatic heterocycles. The Bertz CT molecular complexity index is 869. The average molecular weight is 738 g/mol. The van der Waals surface area contributed by atoms with Crippen molar-refractivity contribution in [2.24, 2.45) is 0 Å². The fraction of sp³-hybridized carbons (Fsp3) is 0.886. The van der Waals surface area contributed by atoms with Crippen LogP contribution in [0.15, 0.2) is 12.2 Å². The lowest BCUT2D eigenvalue weighted by Crippen LogP contribution is -2.55. The number of hydrogen-bond acceptors (Lipinski definition) is 7. The zero-order valence-corrected chi connectivity index (χ0v) is 34.7. The quantitative estimate of drug-likeness (QED) is 0.0268. The summed E-state index contributed by atoms with van der Waals surface area (Å²) < 4.78 is 17.1. The largest absolute Gasteiger partial charge is 0.544 e. The van der Waals surface area contributed by atoms with Crippen molar-refractivity contribution in [3.8, 4) is 0 Å². The summed E-state index contributed by atoms with van der Waals surface area (Å²) in [5, 5.41) is 11.6. The number of carbonyl (C=O) groups is 3. The van der Waals surface area contributed by atoms with Crippen LogP contribution in [0.4, 0.5) is 0 Å². The molecule has 2 unspecified atom stereocenters. The van der Waals surface area contributed by atoms with Gasteiger partial charge in [0.25, 0.3) is 0 Å². The summed E-state index contributed by atoms with van der Waals surface area (Å²) in [6.45, 7) is 4.61. The van der Waals surface area contributed by atoms with Crippen molar-refractivity contribution < 1.29 is 38.2 Å². The molecule has 0 N–H and O–H groups in total. The maximum atomic E-state index is 12.6. The van der Waals surface area contributed by atoms with E-state index in [1.165, 1.54) is 128 Å². The van der Waals surface area contributed by atoms with Gasteiger partial charge in [-0.3, -0.25) is 9.59 Å². The van der Waals surface area contributed by atoms with E-state index in [-0.39, 0.29) is 49.1 Å². The fourth-order valence-electron chi connectivity index (χ4n) is 6.49. The van der Waals surface area contributed by atoms with E-state index < -0.39 is 18.1 Å². The monoisotopic (exact) mass is 738 g/mol. The number of carboxylic acids is 1. The molecule has 0 aliphatic rings. The highest BCUT2D eigenvalue weighted by Gasteiger charge is 2.25. The van der Waals surface area contributed by atoms with Gasteiger partial charge < -0.3 is 28.6 Å². The van der Waals surface area contributed by atoms with Gasteiger partial charge in [-0.25, -0.2) is 0 Å². The number of allylic oxidation sites excluding steroid dienone is 2. The van der Waals surface area contributed by atoms with Crippen LogP contribution in [0.3, 0.4) is 0 Å². The standard InChI is InChI=1S/C44H83NO7/c1-6-8-10-12-14-16-17-18-19-20-21-22-23-24-25-27-28-30-32-34-42(46)51-39-40(38-50-37-36-41(44(48)49)45(3,4)5)52-43(47)35-33-31-29-26-15-13-11-9-7-2/h26,29,40-41H,6-25,27-28,30-39H2,1-5H3/b29-26+. The smallest absolute Gasteiger partial charge is 0.306 e. The molecule has 0 radical (unpaired) electrons. The molecular formula is C44H83NO7. The van der Waals surface area contributed by atoms with Gasteiger partial charge in [0.2, 0.25) is 0 Å². The molecule has 0 saturated carbocycles. The molecule has 8 heteroatoms. The number of carboxylic acid groups (broad SMARTS) is 1. The van der Waals surface area contributed by atoms with Crippen LogP contribution in [-0.4, -0.2) is 75.5 Å². The first kappa shape index (κ1) is 50.1. The van der Waals surface area contributed by atoms with Crippen LogP contribution in [0.2, 0.25) is 0 Å². The lowest BCUT2D eigenvalue weighted by atomic mass is 10.0. The summed E-state index contributed by atoms with van der Waals surface area (Å²) in [6, 6.07) is -0.724. The molecule has 0 spiro atoms. The molecule has 0 bridgehead atoms. The highest BCUT2D eigenvalue weighted by atomic mass is 16.6. The summed E-state index contributed by atoms with van der Waals surface area (Å²) in [6.07, 6.45) is 36.8. The van der Waals surface area contributed by atoms with E-state index in [4.69, 9.17) is 14.2 Å². The first-order chi connectivity index (χ1) is 25.1. The number of esters is 2. The van der Waals surface area contributed by atoms with Gasteiger partial charge in [0.05, 0.1) is 40.3 Å². The molecule has 0 heterocycles. The van der Waals surface area contributed by atoms with E-state index in [0.29, 0.717) is 12.8 Å². The molecule has 0 aliphatic carbocycles. The second-order valence-corrected chi connectivity index (χ2v) is 15.9. The normalized spacial score (nSPS) is 13.0. The Hall–Kier alpha value is -1.93. The van der Waals surface area contributed by atoms with Gasteiger partial charge in [-0.05, 0) is 32.1 Å². The molecule has 0 aromatic carbocycles. The number of ether oxygens (including phenoxy) is 3. The zero-order chi connectivity index (χ0) is 38.5. The number of unbranched alkanes of at least 4 members (excludes halogenated alkanes) is 23. The first-order valence-electron chi connectivity index (χ1n) is 21.7. The van der Waals surface area contributed by atoms with Crippen molar-refractivity contribution >= 4 is 17.9 Å². The Morgan fingerprint density at radius 2 is 0.981 bits per heavy atom. The molecule has 0 saturated heterocycles. The van der Waals surface area contributed by atoms with Gasteiger partial charge in [0, 0.05) is 19.3 Å². The van der Waals surface area contributed by atoms with Crippen molar-refractivity contribution in [1.29, 1.82) is 0 Å². The van der Waals surface area contributed by atoms with Crippen LogP contribution in [-0.2, 0) is 28.6 Å². The van der Waals surface area contributed by atoms with Crippen molar-refractivity contribution in [1.82, 2.24) is 0 Å². The highest BCUT2D eigenvalue weighted by molar-refractivity contribution is 5.70. The molecular weight excluding hydrogens is 654 g/mol. The summed E-state index contributed by atoms with van der Waals surface area (Å²) >= 11 is 0. The van der Waals surface area contributed by atoms with Crippen molar-refractivity contribution in [2.45, 2.75) is 212 Å². The molecule has 8 nitrogen and oxygen atoms in total. The van der Waals surface area contributed by atoms with E-state index in [2.05, 4.69) is 26.0 Å². The minimum absolute atomic E-state index is 0.0346. The van der Waals surface area contributed by atoms with Crippen LogP contribution in [0.25, 0.3) is 0 Å². The lowest BCUT2D eigenvalue weighted by Gasteiger charge is -2.34. The molecule has 52 heavy (non-hydrogen) atoms. The SMILES string of the molecule is CCCCCC/C=C/CCCC(=O)OC(COCCC(C(=O)[O-])[N+](C)(C)C)COC(=O)CCCCCCCCCCCCCCCCCCCCC. The highest BCUT2D eigenvalue weighted by Crippen LogP contribution is 2.15. The number of nitrogens with zero attached hydrogens (tertiary/aromatic N) is 1. The number of aliphatic carboxylic acids is 1. The molecule has 0 aliphatic heterocycles. The lowest BCUT2D eigenvalue weighted by molar-refractivity contribution is -0.889. The molecule has 0 rings (SSSR count). The molecule has 0 amide bonds. The van der Waals surface area contributed by atoms with Gasteiger partial charge in [-0.1, -0.05) is 161 Å². The first-order valence-corrected chi connectivity index (χ1v) is 21.7. The Balaban J connectivity index is 4.22. The van der Waals surface area contributed by atoms with E-state index in [1.54, 1.807) is 21.1 Å². The Morgan fingerprint density at radius 3 is 1.44 bits per heavy atom. The van der Waals surface area contributed by atoms with Crippen LogP contribution in [0.1, 0.15) is 200 Å². The molecule has 0 aromatic rings. The Labute approximate surface area is 320 Å². The fourth-order valence-corrected chi connectivity index (χ4v) is 6.49. The molecule has 2 atom stereocenters. The summed E-state index contributed by atoms with van der Waals surface area (Å²) in [5.41, 5.74) is 0. The third-order valence-electron chi connectivity index (χ3n) is 9.90. The number of rotatable bonds is 39. The van der Waals surface area contributed by atoms with Gasteiger partial charge in [0.15, 0.2) is 6.10 Å². The molecule has 306 valence electrons. The number of hydrogen-bond donors (Lipinski definition) is 0. The minimum atomic E-state index is -1.13. The third-order valence-corrected chi connectivity index (χ3v) is 9.90. The second kappa shape index (κ2) is 36.1. The van der Waals surface area contributed by atoms with Gasteiger partial charge in [-0.15, -0.1) is 0 Å².